The van der Waals surface area contributed by atoms with E-state index < -0.39 is 24.0 Å². The van der Waals surface area contributed by atoms with Crippen LogP contribution in [0.2, 0.25) is 0 Å². The van der Waals surface area contributed by atoms with Gasteiger partial charge in [-0.25, -0.2) is 4.99 Å². The zero-order valence-corrected chi connectivity index (χ0v) is 16.3. The third-order valence-electron chi connectivity index (χ3n) is 4.91. The van der Waals surface area contributed by atoms with Crippen LogP contribution >= 0.6 is 0 Å². The molecule has 0 aromatic heterocycles. The summed E-state index contributed by atoms with van der Waals surface area (Å²) in [5, 5.41) is 5.56. The number of carbonyl (C=O) groups excluding carboxylic acids is 2. The van der Waals surface area contributed by atoms with E-state index in [-0.39, 0.29) is 0 Å². The minimum absolute atomic E-state index is 0.372. The van der Waals surface area contributed by atoms with E-state index in [4.69, 9.17) is 5.73 Å². The summed E-state index contributed by atoms with van der Waals surface area (Å²) < 4.78 is 0. The Hall–Kier alpha value is -3.77. The van der Waals surface area contributed by atoms with E-state index in [0.29, 0.717) is 17.8 Å². The predicted molar refractivity (Wildman–Crippen MR) is 117 cm³/mol. The Morgan fingerprint density at radius 2 is 1.60 bits per heavy atom. The van der Waals surface area contributed by atoms with Gasteiger partial charge in [0.15, 0.2) is 0 Å². The quantitative estimate of drug-likeness (QED) is 0.616. The normalized spacial score (nSPS) is 16.5. The van der Waals surface area contributed by atoms with Crippen LogP contribution in [0.25, 0.3) is 0 Å². The number of carbonyl (C=O) groups is 2. The van der Waals surface area contributed by atoms with E-state index in [1.807, 2.05) is 84.9 Å². The molecule has 0 saturated heterocycles. The van der Waals surface area contributed by atoms with Crippen molar-refractivity contribution in [2.24, 2.45) is 10.7 Å². The minimum Gasteiger partial charge on any atom is -0.325 e. The third kappa shape index (κ3) is 4.29. The monoisotopic (exact) mass is 398 g/mol. The summed E-state index contributed by atoms with van der Waals surface area (Å²) in [4.78, 5) is 30.1. The molecule has 1 aliphatic heterocycles. The molecule has 6 nitrogen and oxygen atoms in total. The Kier molecular flexibility index (Phi) is 5.68. The number of hydrogen-bond acceptors (Lipinski definition) is 4. The van der Waals surface area contributed by atoms with E-state index in [9.17, 15) is 9.59 Å². The van der Waals surface area contributed by atoms with Gasteiger partial charge in [0, 0.05) is 11.1 Å². The van der Waals surface area contributed by atoms with Gasteiger partial charge in [0.25, 0.3) is 5.91 Å². The fourth-order valence-electron chi connectivity index (χ4n) is 3.38. The lowest BCUT2D eigenvalue weighted by Crippen LogP contribution is -2.49. The standard InChI is InChI=1S/C24H22N4O2/c25-19(15-16-9-3-1-4-10-16)23(29)28-22-24(30)26-20-14-8-7-13-18(20)21(27-22)17-11-5-2-6-12-17/h1-14,19,22H,15,25H2,(H,26,30)(H,28,29)/t19-,22?/m1/s1. The zero-order chi connectivity index (χ0) is 20.9. The topological polar surface area (TPSA) is 96.6 Å². The molecule has 0 saturated carbocycles. The van der Waals surface area contributed by atoms with Gasteiger partial charge in [-0.2, -0.15) is 0 Å². The Morgan fingerprint density at radius 3 is 2.33 bits per heavy atom. The predicted octanol–water partition coefficient (Wildman–Crippen LogP) is 2.49. The maximum absolute atomic E-state index is 12.8. The number of amides is 2. The molecular weight excluding hydrogens is 376 g/mol. The molecule has 4 rings (SSSR count). The van der Waals surface area contributed by atoms with Crippen molar-refractivity contribution in [2.45, 2.75) is 18.6 Å². The van der Waals surface area contributed by atoms with Crippen LogP contribution in [-0.2, 0) is 16.0 Å². The lowest BCUT2D eigenvalue weighted by molar-refractivity contribution is -0.127. The second kappa shape index (κ2) is 8.71. The van der Waals surface area contributed by atoms with Gasteiger partial charge in [-0.3, -0.25) is 9.59 Å². The lowest BCUT2D eigenvalue weighted by Gasteiger charge is -2.17. The van der Waals surface area contributed by atoms with E-state index >= 15 is 0 Å². The number of nitrogens with one attached hydrogen (secondary N) is 2. The number of anilines is 1. The molecule has 2 atom stereocenters. The number of benzodiazepines with no additional fused rings is 1. The van der Waals surface area contributed by atoms with Crippen LogP contribution in [0.15, 0.2) is 89.9 Å². The molecule has 3 aromatic carbocycles. The van der Waals surface area contributed by atoms with Crippen molar-refractivity contribution in [2.75, 3.05) is 5.32 Å². The van der Waals surface area contributed by atoms with Crippen molar-refractivity contribution in [1.29, 1.82) is 0 Å². The van der Waals surface area contributed by atoms with Crippen molar-refractivity contribution in [1.82, 2.24) is 5.32 Å². The first kappa shape index (κ1) is 19.5. The smallest absolute Gasteiger partial charge is 0.269 e. The fourth-order valence-corrected chi connectivity index (χ4v) is 3.38. The van der Waals surface area contributed by atoms with Crippen LogP contribution < -0.4 is 16.4 Å². The molecule has 30 heavy (non-hydrogen) atoms. The molecule has 3 aromatic rings. The Bertz CT molecular complexity index is 1080. The second-order valence-electron chi connectivity index (χ2n) is 7.09. The lowest BCUT2D eigenvalue weighted by atomic mass is 10.0. The average Bonchev–Trinajstić information content (AvgIpc) is 2.91. The van der Waals surface area contributed by atoms with Crippen LogP contribution in [0.5, 0.6) is 0 Å². The van der Waals surface area contributed by atoms with Gasteiger partial charge in [-0.05, 0) is 18.1 Å². The molecule has 1 heterocycles. The largest absolute Gasteiger partial charge is 0.325 e. The van der Waals surface area contributed by atoms with Crippen LogP contribution in [0, 0.1) is 0 Å². The summed E-state index contributed by atoms with van der Waals surface area (Å²) in [6.07, 6.45) is -0.710. The highest BCUT2D eigenvalue weighted by Crippen LogP contribution is 2.23. The summed E-state index contributed by atoms with van der Waals surface area (Å²) in [5.74, 6) is -0.838. The molecule has 0 radical (unpaired) electrons. The summed E-state index contributed by atoms with van der Waals surface area (Å²) >= 11 is 0. The number of benzene rings is 3. The van der Waals surface area contributed by atoms with Gasteiger partial charge in [0.05, 0.1) is 17.4 Å². The van der Waals surface area contributed by atoms with Crippen molar-refractivity contribution in [3.05, 3.63) is 102 Å². The van der Waals surface area contributed by atoms with Crippen LogP contribution in [-0.4, -0.2) is 29.7 Å². The van der Waals surface area contributed by atoms with E-state index in [0.717, 1.165) is 16.7 Å². The first-order valence-corrected chi connectivity index (χ1v) is 9.75. The van der Waals surface area contributed by atoms with Crippen LogP contribution in [0.3, 0.4) is 0 Å². The molecule has 1 unspecified atom stereocenters. The van der Waals surface area contributed by atoms with Gasteiger partial charge in [0.1, 0.15) is 0 Å². The van der Waals surface area contributed by atoms with E-state index in [1.165, 1.54) is 0 Å². The summed E-state index contributed by atoms with van der Waals surface area (Å²) in [5.41, 5.74) is 9.97. The molecule has 150 valence electrons. The number of rotatable bonds is 5. The first-order valence-electron chi connectivity index (χ1n) is 9.75. The second-order valence-corrected chi connectivity index (χ2v) is 7.09. The number of nitrogens with two attached hydrogens (primary N) is 1. The van der Waals surface area contributed by atoms with Gasteiger partial charge < -0.3 is 16.4 Å². The zero-order valence-electron chi connectivity index (χ0n) is 16.3. The number of aliphatic imine (C=N–C) groups is 1. The Morgan fingerprint density at radius 1 is 0.967 bits per heavy atom. The number of fused-ring (bicyclic) bond motifs is 1. The van der Waals surface area contributed by atoms with Crippen molar-refractivity contribution >= 4 is 23.2 Å². The van der Waals surface area contributed by atoms with Gasteiger partial charge in [-0.15, -0.1) is 0 Å². The first-order chi connectivity index (χ1) is 14.6. The van der Waals surface area contributed by atoms with Crippen molar-refractivity contribution in [3.63, 3.8) is 0 Å². The third-order valence-corrected chi connectivity index (χ3v) is 4.91. The Labute approximate surface area is 174 Å². The van der Waals surface area contributed by atoms with Gasteiger partial charge in [0.2, 0.25) is 12.1 Å². The van der Waals surface area contributed by atoms with Gasteiger partial charge in [-0.1, -0.05) is 78.9 Å². The fraction of sp³-hybridized carbons (Fsp3) is 0.125. The molecule has 0 aliphatic carbocycles. The Balaban J connectivity index is 1.61. The van der Waals surface area contributed by atoms with Crippen LogP contribution in [0.4, 0.5) is 5.69 Å². The maximum atomic E-state index is 12.8. The molecule has 4 N–H and O–H groups in total. The summed E-state index contributed by atoms with van der Waals surface area (Å²) in [6.45, 7) is 0. The summed E-state index contributed by atoms with van der Waals surface area (Å²) in [6, 6.07) is 25.7. The summed E-state index contributed by atoms with van der Waals surface area (Å²) in [7, 11) is 0. The molecule has 2 amide bonds. The number of nitrogens with zero attached hydrogens (tertiary/aromatic N) is 1. The van der Waals surface area contributed by atoms with Crippen molar-refractivity contribution in [3.8, 4) is 0 Å². The van der Waals surface area contributed by atoms with Gasteiger partial charge >= 0.3 is 0 Å². The van der Waals surface area contributed by atoms with Crippen LogP contribution in [0.1, 0.15) is 16.7 Å². The highest BCUT2D eigenvalue weighted by atomic mass is 16.2. The SMILES string of the molecule is N[C@H](Cc1ccccc1)C(=O)NC1N=C(c2ccccc2)c2ccccc2NC1=O. The van der Waals surface area contributed by atoms with E-state index in [2.05, 4.69) is 15.6 Å². The molecule has 6 heteroatoms. The highest BCUT2D eigenvalue weighted by molar-refractivity contribution is 6.19. The number of hydrogen-bond donors (Lipinski definition) is 3. The molecule has 0 spiro atoms. The highest BCUT2D eigenvalue weighted by Gasteiger charge is 2.28. The molecule has 1 aliphatic rings. The number of para-hydroxylation sites is 1. The van der Waals surface area contributed by atoms with Crippen molar-refractivity contribution < 1.29 is 9.59 Å². The van der Waals surface area contributed by atoms with E-state index in [1.54, 1.807) is 0 Å². The molecule has 0 bridgehead atoms. The molecular formula is C24H22N4O2. The minimum atomic E-state index is -1.08. The molecule has 0 fully saturated rings. The average molecular weight is 398 g/mol. The maximum Gasteiger partial charge on any atom is 0.269 e.